The summed E-state index contributed by atoms with van der Waals surface area (Å²) in [5.41, 5.74) is -0.180. The number of ether oxygens (including phenoxy) is 1. The molecular weight excluding hydrogens is 551 g/mol. The van der Waals surface area contributed by atoms with E-state index in [1.54, 1.807) is 29.2 Å². The lowest BCUT2D eigenvalue weighted by molar-refractivity contribution is -0.0582. The molecule has 2 aliphatic rings. The fourth-order valence-corrected chi connectivity index (χ4v) is 5.62. The van der Waals surface area contributed by atoms with Crippen molar-refractivity contribution in [2.24, 2.45) is 0 Å². The molecular formula is C30H30F3N5O4. The minimum Gasteiger partial charge on any atom is -0.490 e. The maximum atomic E-state index is 13.4. The number of rotatable bonds is 6. The summed E-state index contributed by atoms with van der Waals surface area (Å²) in [7, 11) is 0. The van der Waals surface area contributed by atoms with Gasteiger partial charge in [0.1, 0.15) is 23.3 Å². The third-order valence-electron chi connectivity index (χ3n) is 8.14. The van der Waals surface area contributed by atoms with E-state index in [9.17, 15) is 27.9 Å². The Morgan fingerprint density at radius 3 is 2.33 bits per heavy atom. The quantitative estimate of drug-likeness (QED) is 0.364. The number of fused-ring (bicyclic) bond motifs is 1. The van der Waals surface area contributed by atoms with Crippen molar-refractivity contribution in [3.8, 4) is 11.4 Å². The van der Waals surface area contributed by atoms with E-state index in [1.807, 2.05) is 0 Å². The first kappa shape index (κ1) is 28.0. The average Bonchev–Trinajstić information content (AvgIpc) is 3.41. The molecule has 6 rings (SSSR count). The Hall–Kier alpha value is -4.19. The van der Waals surface area contributed by atoms with Gasteiger partial charge >= 0.3 is 0 Å². The van der Waals surface area contributed by atoms with Gasteiger partial charge in [-0.2, -0.15) is 5.10 Å². The molecule has 1 amide bonds. The number of halogens is 3. The second-order valence-corrected chi connectivity index (χ2v) is 11.2. The molecule has 0 atom stereocenters. The molecule has 9 nitrogen and oxygen atoms in total. The van der Waals surface area contributed by atoms with Gasteiger partial charge in [0.15, 0.2) is 5.65 Å². The molecule has 1 aliphatic heterocycles. The van der Waals surface area contributed by atoms with Crippen molar-refractivity contribution in [1.82, 2.24) is 24.2 Å². The van der Waals surface area contributed by atoms with Crippen LogP contribution in [0.1, 0.15) is 48.9 Å². The lowest BCUT2D eigenvalue weighted by Gasteiger charge is -2.38. The van der Waals surface area contributed by atoms with Crippen molar-refractivity contribution in [1.29, 1.82) is 0 Å². The summed E-state index contributed by atoms with van der Waals surface area (Å²) in [6, 6.07) is 12.3. The number of nitrogens with zero attached hydrogens (tertiary/aromatic N) is 5. The first-order valence-electron chi connectivity index (χ1n) is 13.9. The molecule has 0 radical (unpaired) electrons. The van der Waals surface area contributed by atoms with Crippen LogP contribution in [-0.4, -0.2) is 66.0 Å². The molecule has 42 heavy (non-hydrogen) atoms. The van der Waals surface area contributed by atoms with E-state index in [0.29, 0.717) is 48.6 Å². The molecule has 0 spiro atoms. The zero-order valence-electron chi connectivity index (χ0n) is 22.8. The van der Waals surface area contributed by atoms with Crippen molar-refractivity contribution < 1.29 is 27.8 Å². The number of piperidine rings is 1. The summed E-state index contributed by atoms with van der Waals surface area (Å²) >= 11 is 0. The van der Waals surface area contributed by atoms with Gasteiger partial charge in [0.25, 0.3) is 11.5 Å². The van der Waals surface area contributed by atoms with Crippen LogP contribution in [0.2, 0.25) is 0 Å². The number of likely N-dealkylation sites (tertiary alicyclic amines) is 1. The van der Waals surface area contributed by atoms with Gasteiger partial charge in [0.2, 0.25) is 5.92 Å². The van der Waals surface area contributed by atoms with E-state index < -0.39 is 17.3 Å². The molecule has 1 aliphatic carbocycles. The van der Waals surface area contributed by atoms with Gasteiger partial charge in [0, 0.05) is 31.5 Å². The first-order valence-corrected chi connectivity index (χ1v) is 13.9. The predicted octanol–water partition coefficient (Wildman–Crippen LogP) is 4.35. The lowest BCUT2D eigenvalue weighted by Crippen LogP contribution is -2.49. The fraction of sp³-hybridized carbons (Fsp3) is 0.400. The van der Waals surface area contributed by atoms with E-state index >= 15 is 0 Å². The third-order valence-corrected chi connectivity index (χ3v) is 8.14. The number of benzene rings is 2. The smallest absolute Gasteiger partial charge is 0.264 e. The molecule has 12 heteroatoms. The normalized spacial score (nSPS) is 18.7. The Morgan fingerprint density at radius 1 is 1.00 bits per heavy atom. The molecule has 220 valence electrons. The molecule has 2 aromatic heterocycles. The predicted molar refractivity (Wildman–Crippen MR) is 147 cm³/mol. The molecule has 1 saturated carbocycles. The lowest BCUT2D eigenvalue weighted by atomic mass is 9.91. The number of carbonyl (C=O) groups is 1. The third kappa shape index (κ3) is 5.76. The molecule has 3 heterocycles. The maximum Gasteiger partial charge on any atom is 0.264 e. The minimum absolute atomic E-state index is 0.0116. The standard InChI is InChI=1S/C30H30F3N5O4/c31-21-3-1-20(2-4-21)27(39)36-15-13-29(41,14-16-36)18-37-19-34-26-25(28(37)40)17-35-38(26)22-5-7-23(8-6-22)42-24-9-11-30(32,33)12-10-24/h1-8,17,19,24,41H,9-16,18H2. The molecule has 1 saturated heterocycles. The van der Waals surface area contributed by atoms with Crippen molar-refractivity contribution >= 4 is 16.9 Å². The zero-order valence-corrected chi connectivity index (χ0v) is 22.8. The average molecular weight is 582 g/mol. The molecule has 2 fully saturated rings. The van der Waals surface area contributed by atoms with Crippen LogP contribution in [0.15, 0.2) is 65.8 Å². The molecule has 1 N–H and O–H groups in total. The van der Waals surface area contributed by atoms with E-state index in [1.165, 1.54) is 46.0 Å². The Labute approximate surface area is 239 Å². The van der Waals surface area contributed by atoms with Crippen molar-refractivity contribution in [3.63, 3.8) is 0 Å². The van der Waals surface area contributed by atoms with Crippen molar-refractivity contribution in [2.75, 3.05) is 13.1 Å². The number of hydrogen-bond donors (Lipinski definition) is 1. The van der Waals surface area contributed by atoms with Crippen LogP contribution in [0.5, 0.6) is 5.75 Å². The Kier molecular flexibility index (Phi) is 7.25. The van der Waals surface area contributed by atoms with Gasteiger partial charge in [-0.1, -0.05) is 0 Å². The Balaban J connectivity index is 1.11. The van der Waals surface area contributed by atoms with Crippen LogP contribution in [0.4, 0.5) is 13.2 Å². The van der Waals surface area contributed by atoms with Crippen molar-refractivity contribution in [2.45, 2.75) is 62.7 Å². The van der Waals surface area contributed by atoms with Crippen LogP contribution in [0.3, 0.4) is 0 Å². The van der Waals surface area contributed by atoms with Gasteiger partial charge < -0.3 is 14.7 Å². The molecule has 4 aromatic rings. The van der Waals surface area contributed by atoms with E-state index in [-0.39, 0.29) is 55.2 Å². The Bertz CT molecular complexity index is 1630. The maximum absolute atomic E-state index is 13.4. The summed E-state index contributed by atoms with van der Waals surface area (Å²) in [4.78, 5) is 32.1. The summed E-state index contributed by atoms with van der Waals surface area (Å²) in [5, 5.41) is 15.9. The second-order valence-electron chi connectivity index (χ2n) is 11.2. The molecule has 0 bridgehead atoms. The highest BCUT2D eigenvalue weighted by atomic mass is 19.3. The van der Waals surface area contributed by atoms with Crippen LogP contribution in [0.25, 0.3) is 16.7 Å². The highest BCUT2D eigenvalue weighted by Gasteiger charge is 2.36. The van der Waals surface area contributed by atoms with Crippen LogP contribution < -0.4 is 10.3 Å². The SMILES string of the molecule is O=C(c1ccc(F)cc1)N1CCC(O)(Cn2cnc3c(cnn3-c3ccc(OC4CCC(F)(F)CC4)cc3)c2=O)CC1. The number of hydrogen-bond acceptors (Lipinski definition) is 6. The van der Waals surface area contributed by atoms with Crippen LogP contribution in [-0.2, 0) is 6.54 Å². The highest BCUT2D eigenvalue weighted by molar-refractivity contribution is 5.94. The number of carbonyl (C=O) groups excluding carboxylic acids is 1. The van der Waals surface area contributed by atoms with E-state index in [2.05, 4.69) is 10.1 Å². The first-order chi connectivity index (χ1) is 20.1. The van der Waals surface area contributed by atoms with Crippen LogP contribution in [0, 0.1) is 5.82 Å². The highest BCUT2D eigenvalue weighted by Crippen LogP contribution is 2.35. The van der Waals surface area contributed by atoms with Crippen LogP contribution >= 0.6 is 0 Å². The van der Waals surface area contributed by atoms with Gasteiger partial charge in [0.05, 0.1) is 30.1 Å². The van der Waals surface area contributed by atoms with Gasteiger partial charge in [-0.05, 0) is 74.2 Å². The monoisotopic (exact) mass is 581 g/mol. The summed E-state index contributed by atoms with van der Waals surface area (Å²) in [6.45, 7) is 0.599. The van der Waals surface area contributed by atoms with Gasteiger partial charge in [-0.3, -0.25) is 14.2 Å². The topological polar surface area (TPSA) is 102 Å². The van der Waals surface area contributed by atoms with Crippen molar-refractivity contribution in [3.05, 3.63) is 82.8 Å². The number of aliphatic hydroxyl groups is 1. The summed E-state index contributed by atoms with van der Waals surface area (Å²) in [5.74, 6) is -2.70. The number of alkyl halides is 2. The fourth-order valence-electron chi connectivity index (χ4n) is 5.62. The van der Waals surface area contributed by atoms with Gasteiger partial charge in [-0.15, -0.1) is 0 Å². The summed E-state index contributed by atoms with van der Waals surface area (Å²) in [6.07, 6.45) is 3.35. The number of amides is 1. The molecule has 0 unspecified atom stereocenters. The summed E-state index contributed by atoms with van der Waals surface area (Å²) < 4.78 is 48.8. The Morgan fingerprint density at radius 2 is 1.67 bits per heavy atom. The van der Waals surface area contributed by atoms with E-state index in [4.69, 9.17) is 4.74 Å². The largest absolute Gasteiger partial charge is 0.490 e. The molecule has 2 aromatic carbocycles. The van der Waals surface area contributed by atoms with E-state index in [0.717, 1.165) is 0 Å². The second kappa shape index (κ2) is 10.9. The van der Waals surface area contributed by atoms with Gasteiger partial charge in [-0.25, -0.2) is 22.8 Å². The number of aromatic nitrogens is 4. The minimum atomic E-state index is -2.61. The zero-order chi connectivity index (χ0) is 29.5.